The minimum Gasteiger partial charge on any atom is -0.375 e. The first-order valence-electron chi connectivity index (χ1n) is 5.83. The standard InChI is InChI=1S/C11H20N2O2/c1-8-9(2)15-6-5-13(8)11(14)10-3-4-12-7-10/h8-10,12H,3-7H2,1-2H3/t8-,9-,10-/m0/s1. The lowest BCUT2D eigenvalue weighted by Gasteiger charge is -2.39. The number of ether oxygens (including phenoxy) is 1. The van der Waals surface area contributed by atoms with Crippen LogP contribution in [0.3, 0.4) is 0 Å². The van der Waals surface area contributed by atoms with Crippen molar-refractivity contribution < 1.29 is 9.53 Å². The van der Waals surface area contributed by atoms with E-state index in [1.54, 1.807) is 0 Å². The van der Waals surface area contributed by atoms with Gasteiger partial charge in [0.1, 0.15) is 0 Å². The molecule has 0 aromatic heterocycles. The Morgan fingerprint density at radius 3 is 2.93 bits per heavy atom. The SMILES string of the molecule is C[C@@H]1OCCN(C(=O)[C@H]2CCNC2)[C@H]1C. The van der Waals surface area contributed by atoms with Gasteiger partial charge in [0.05, 0.1) is 24.7 Å². The Hall–Kier alpha value is -0.610. The van der Waals surface area contributed by atoms with E-state index < -0.39 is 0 Å². The fourth-order valence-corrected chi connectivity index (χ4v) is 2.34. The molecule has 0 aliphatic carbocycles. The van der Waals surface area contributed by atoms with Crippen LogP contribution in [0, 0.1) is 5.92 Å². The van der Waals surface area contributed by atoms with Gasteiger partial charge in [-0.05, 0) is 26.8 Å². The lowest BCUT2D eigenvalue weighted by Crippen LogP contribution is -2.53. The number of morpholine rings is 1. The molecule has 4 heteroatoms. The van der Waals surface area contributed by atoms with Crippen LogP contribution in [0.1, 0.15) is 20.3 Å². The normalized spacial score (nSPS) is 36.9. The predicted molar refractivity (Wildman–Crippen MR) is 57.6 cm³/mol. The highest BCUT2D eigenvalue weighted by Gasteiger charge is 2.34. The van der Waals surface area contributed by atoms with Crippen LogP contribution in [0.25, 0.3) is 0 Å². The Kier molecular flexibility index (Phi) is 3.26. The fraction of sp³-hybridized carbons (Fsp3) is 0.909. The molecule has 2 rings (SSSR count). The highest BCUT2D eigenvalue weighted by atomic mass is 16.5. The third-order valence-electron chi connectivity index (χ3n) is 3.58. The molecule has 1 amide bonds. The van der Waals surface area contributed by atoms with Crippen molar-refractivity contribution in [2.24, 2.45) is 5.92 Å². The number of nitrogens with zero attached hydrogens (tertiary/aromatic N) is 1. The average molecular weight is 212 g/mol. The summed E-state index contributed by atoms with van der Waals surface area (Å²) in [5.74, 6) is 0.500. The van der Waals surface area contributed by atoms with Gasteiger partial charge in [0, 0.05) is 13.1 Å². The molecule has 0 saturated carbocycles. The molecular formula is C11H20N2O2. The van der Waals surface area contributed by atoms with Crippen molar-refractivity contribution in [1.82, 2.24) is 10.2 Å². The van der Waals surface area contributed by atoms with Crippen molar-refractivity contribution >= 4 is 5.91 Å². The van der Waals surface area contributed by atoms with Crippen molar-refractivity contribution in [2.45, 2.75) is 32.4 Å². The van der Waals surface area contributed by atoms with E-state index in [-0.39, 0.29) is 18.1 Å². The van der Waals surface area contributed by atoms with Crippen LogP contribution in [0.5, 0.6) is 0 Å². The van der Waals surface area contributed by atoms with E-state index in [0.717, 1.165) is 26.1 Å². The average Bonchev–Trinajstić information content (AvgIpc) is 2.74. The van der Waals surface area contributed by atoms with Gasteiger partial charge in [-0.2, -0.15) is 0 Å². The molecule has 2 fully saturated rings. The van der Waals surface area contributed by atoms with Gasteiger partial charge in [0.25, 0.3) is 0 Å². The molecule has 0 aromatic rings. The van der Waals surface area contributed by atoms with Crippen LogP contribution in [0.2, 0.25) is 0 Å². The molecule has 15 heavy (non-hydrogen) atoms. The Balaban J connectivity index is 1.98. The Morgan fingerprint density at radius 2 is 2.27 bits per heavy atom. The highest BCUT2D eigenvalue weighted by Crippen LogP contribution is 2.19. The topological polar surface area (TPSA) is 41.6 Å². The van der Waals surface area contributed by atoms with Crippen LogP contribution in [-0.4, -0.2) is 49.2 Å². The van der Waals surface area contributed by atoms with E-state index in [1.165, 1.54) is 0 Å². The Bertz CT molecular complexity index is 239. The highest BCUT2D eigenvalue weighted by molar-refractivity contribution is 5.79. The molecule has 3 atom stereocenters. The van der Waals surface area contributed by atoms with Crippen LogP contribution in [0.15, 0.2) is 0 Å². The molecular weight excluding hydrogens is 192 g/mol. The first-order chi connectivity index (χ1) is 7.20. The van der Waals surface area contributed by atoms with Crippen LogP contribution in [-0.2, 0) is 9.53 Å². The van der Waals surface area contributed by atoms with E-state index >= 15 is 0 Å². The monoisotopic (exact) mass is 212 g/mol. The van der Waals surface area contributed by atoms with E-state index in [1.807, 2.05) is 11.8 Å². The molecule has 2 aliphatic rings. The summed E-state index contributed by atoms with van der Waals surface area (Å²) in [7, 11) is 0. The van der Waals surface area contributed by atoms with Gasteiger partial charge in [-0.3, -0.25) is 4.79 Å². The second kappa shape index (κ2) is 4.49. The van der Waals surface area contributed by atoms with E-state index in [2.05, 4.69) is 12.2 Å². The summed E-state index contributed by atoms with van der Waals surface area (Å²) in [6.45, 7) is 7.36. The zero-order valence-electron chi connectivity index (χ0n) is 9.53. The van der Waals surface area contributed by atoms with E-state index in [4.69, 9.17) is 4.74 Å². The maximum Gasteiger partial charge on any atom is 0.227 e. The molecule has 1 N–H and O–H groups in total. The van der Waals surface area contributed by atoms with Crippen LogP contribution in [0.4, 0.5) is 0 Å². The van der Waals surface area contributed by atoms with Crippen molar-refractivity contribution in [3.05, 3.63) is 0 Å². The largest absolute Gasteiger partial charge is 0.375 e. The summed E-state index contributed by atoms with van der Waals surface area (Å²) in [6.07, 6.45) is 1.15. The molecule has 4 nitrogen and oxygen atoms in total. The fourth-order valence-electron chi connectivity index (χ4n) is 2.34. The van der Waals surface area contributed by atoms with Gasteiger partial charge in [0.2, 0.25) is 5.91 Å². The molecule has 2 aliphatic heterocycles. The lowest BCUT2D eigenvalue weighted by atomic mass is 10.0. The summed E-state index contributed by atoms with van der Waals surface area (Å²) in [5.41, 5.74) is 0. The molecule has 0 radical (unpaired) electrons. The zero-order chi connectivity index (χ0) is 10.8. The minimum atomic E-state index is 0.164. The molecule has 2 heterocycles. The maximum absolute atomic E-state index is 12.2. The third-order valence-corrected chi connectivity index (χ3v) is 3.58. The van der Waals surface area contributed by atoms with Gasteiger partial charge in [0.15, 0.2) is 0 Å². The number of amides is 1. The van der Waals surface area contributed by atoms with Crippen LogP contribution >= 0.6 is 0 Å². The summed E-state index contributed by atoms with van der Waals surface area (Å²) < 4.78 is 5.52. The van der Waals surface area contributed by atoms with Crippen molar-refractivity contribution in [2.75, 3.05) is 26.2 Å². The predicted octanol–water partition coefficient (Wildman–Crippen LogP) is 0.232. The van der Waals surface area contributed by atoms with Gasteiger partial charge < -0.3 is 15.0 Å². The Labute approximate surface area is 91.0 Å². The summed E-state index contributed by atoms with van der Waals surface area (Å²) in [6, 6.07) is 0.215. The second-order valence-electron chi connectivity index (χ2n) is 4.54. The molecule has 86 valence electrons. The van der Waals surface area contributed by atoms with E-state index in [0.29, 0.717) is 12.5 Å². The number of carbonyl (C=O) groups excluding carboxylic acids is 1. The van der Waals surface area contributed by atoms with Crippen molar-refractivity contribution in [3.8, 4) is 0 Å². The lowest BCUT2D eigenvalue weighted by molar-refractivity contribution is -0.147. The van der Waals surface area contributed by atoms with Crippen molar-refractivity contribution in [1.29, 1.82) is 0 Å². The number of hydrogen-bond acceptors (Lipinski definition) is 3. The molecule has 0 aromatic carbocycles. The summed E-state index contributed by atoms with van der Waals surface area (Å²) in [5, 5.41) is 3.24. The molecule has 0 spiro atoms. The molecule has 0 unspecified atom stereocenters. The first-order valence-corrected chi connectivity index (χ1v) is 5.83. The van der Waals surface area contributed by atoms with E-state index in [9.17, 15) is 4.79 Å². The second-order valence-corrected chi connectivity index (χ2v) is 4.54. The first kappa shape index (κ1) is 10.9. The zero-order valence-corrected chi connectivity index (χ0v) is 9.53. The Morgan fingerprint density at radius 1 is 1.47 bits per heavy atom. The quantitative estimate of drug-likeness (QED) is 0.676. The number of rotatable bonds is 1. The smallest absolute Gasteiger partial charge is 0.227 e. The molecule has 0 bridgehead atoms. The minimum absolute atomic E-state index is 0.164. The van der Waals surface area contributed by atoms with Crippen molar-refractivity contribution in [3.63, 3.8) is 0 Å². The number of hydrogen-bond donors (Lipinski definition) is 1. The summed E-state index contributed by atoms with van der Waals surface area (Å²) in [4.78, 5) is 14.2. The van der Waals surface area contributed by atoms with Crippen LogP contribution < -0.4 is 5.32 Å². The number of carbonyl (C=O) groups is 1. The van der Waals surface area contributed by atoms with Gasteiger partial charge >= 0.3 is 0 Å². The van der Waals surface area contributed by atoms with Gasteiger partial charge in [-0.1, -0.05) is 0 Å². The summed E-state index contributed by atoms with van der Waals surface area (Å²) >= 11 is 0. The molecule has 2 saturated heterocycles. The van der Waals surface area contributed by atoms with Gasteiger partial charge in [-0.15, -0.1) is 0 Å². The maximum atomic E-state index is 12.2. The third kappa shape index (κ3) is 2.16. The van der Waals surface area contributed by atoms with Gasteiger partial charge in [-0.25, -0.2) is 0 Å². The number of nitrogens with one attached hydrogen (secondary N) is 1.